The molecule has 84 valence electrons. The van der Waals surface area contributed by atoms with E-state index in [-0.39, 0.29) is 0 Å². The van der Waals surface area contributed by atoms with Gasteiger partial charge in [0.2, 0.25) is 0 Å². The molecule has 15 heavy (non-hydrogen) atoms. The van der Waals surface area contributed by atoms with E-state index in [0.29, 0.717) is 17.1 Å². The summed E-state index contributed by atoms with van der Waals surface area (Å²) in [6.07, 6.45) is 8.56. The first-order chi connectivity index (χ1) is 6.98. The van der Waals surface area contributed by atoms with Gasteiger partial charge in [0.15, 0.2) is 5.78 Å². The van der Waals surface area contributed by atoms with Gasteiger partial charge in [-0.05, 0) is 61.9 Å². The van der Waals surface area contributed by atoms with Gasteiger partial charge in [-0.1, -0.05) is 19.9 Å². The normalized spacial score (nSPS) is 34.2. The summed E-state index contributed by atoms with van der Waals surface area (Å²) in [6, 6.07) is 0. The molecule has 1 nitrogen and oxygen atoms in total. The summed E-state index contributed by atoms with van der Waals surface area (Å²) in [5.74, 6) is 1.76. The molecule has 1 saturated carbocycles. The van der Waals surface area contributed by atoms with Gasteiger partial charge in [0, 0.05) is 0 Å². The number of hydrogen-bond donors (Lipinski definition) is 0. The Labute approximate surface area is 92.9 Å². The highest BCUT2D eigenvalue weighted by molar-refractivity contribution is 5.93. The first-order valence-electron chi connectivity index (χ1n) is 6.19. The summed E-state index contributed by atoms with van der Waals surface area (Å²) in [5, 5.41) is 0. The lowest BCUT2D eigenvalue weighted by Gasteiger charge is -2.21. The van der Waals surface area contributed by atoms with Gasteiger partial charge >= 0.3 is 0 Å². The van der Waals surface area contributed by atoms with Crippen molar-refractivity contribution in [2.75, 3.05) is 0 Å². The highest BCUT2D eigenvalue weighted by Gasteiger charge is 2.34. The van der Waals surface area contributed by atoms with Crippen LogP contribution < -0.4 is 0 Å². The minimum absolute atomic E-state index is 0.294. The van der Waals surface area contributed by atoms with Gasteiger partial charge in [-0.15, -0.1) is 0 Å². The highest BCUT2D eigenvalue weighted by Crippen LogP contribution is 2.45. The Bertz CT molecular complexity index is 298. The molecule has 2 rings (SSSR count). The Morgan fingerprint density at radius 2 is 2.00 bits per heavy atom. The van der Waals surface area contributed by atoms with Gasteiger partial charge in [0.1, 0.15) is 0 Å². The monoisotopic (exact) mass is 206 g/mol. The van der Waals surface area contributed by atoms with Crippen molar-refractivity contribution in [2.24, 2.45) is 17.3 Å². The molecule has 0 heterocycles. The quantitative estimate of drug-likeness (QED) is 0.638. The Hall–Kier alpha value is -0.590. The maximum atomic E-state index is 11.3. The fourth-order valence-electron chi connectivity index (χ4n) is 3.05. The molecule has 0 aromatic rings. The number of allylic oxidation sites excluding steroid dienone is 2. The first kappa shape index (κ1) is 10.9. The van der Waals surface area contributed by atoms with Crippen LogP contribution in [0.25, 0.3) is 0 Å². The van der Waals surface area contributed by atoms with E-state index in [9.17, 15) is 4.79 Å². The number of fused-ring (bicyclic) bond motifs is 1. The molecule has 0 radical (unpaired) electrons. The van der Waals surface area contributed by atoms with E-state index in [0.717, 1.165) is 17.9 Å². The van der Waals surface area contributed by atoms with E-state index in [1.54, 1.807) is 6.92 Å². The third-order valence-corrected chi connectivity index (χ3v) is 4.30. The van der Waals surface area contributed by atoms with Crippen molar-refractivity contribution >= 4 is 5.78 Å². The van der Waals surface area contributed by atoms with Gasteiger partial charge in [-0.2, -0.15) is 0 Å². The molecule has 0 N–H and O–H groups in total. The van der Waals surface area contributed by atoms with Crippen LogP contribution in [0.1, 0.15) is 52.9 Å². The summed E-state index contributed by atoms with van der Waals surface area (Å²) in [5.41, 5.74) is 1.62. The minimum Gasteiger partial charge on any atom is -0.295 e. The molecule has 0 saturated heterocycles. The second-order valence-corrected chi connectivity index (χ2v) is 6.12. The largest absolute Gasteiger partial charge is 0.295 e. The van der Waals surface area contributed by atoms with Crippen molar-refractivity contribution in [3.63, 3.8) is 0 Å². The molecule has 0 amide bonds. The number of Topliss-reactive ketones (excluding diaryl/α,β-unsaturated/α-hetero) is 1. The summed E-state index contributed by atoms with van der Waals surface area (Å²) < 4.78 is 0. The molecule has 2 unspecified atom stereocenters. The predicted molar refractivity (Wildman–Crippen MR) is 62.6 cm³/mol. The third kappa shape index (κ3) is 2.32. The van der Waals surface area contributed by atoms with E-state index in [4.69, 9.17) is 0 Å². The molecule has 0 aliphatic heterocycles. The first-order valence-corrected chi connectivity index (χ1v) is 6.19. The van der Waals surface area contributed by atoms with Crippen molar-refractivity contribution in [2.45, 2.75) is 52.9 Å². The topological polar surface area (TPSA) is 17.1 Å². The van der Waals surface area contributed by atoms with Crippen LogP contribution in [0.4, 0.5) is 0 Å². The number of ketones is 1. The Morgan fingerprint density at radius 3 is 2.67 bits per heavy atom. The van der Waals surface area contributed by atoms with Crippen LogP contribution in [0, 0.1) is 17.3 Å². The van der Waals surface area contributed by atoms with Crippen LogP contribution in [-0.2, 0) is 4.79 Å². The summed E-state index contributed by atoms with van der Waals surface area (Å²) in [4.78, 5) is 11.3. The molecule has 1 heteroatoms. The van der Waals surface area contributed by atoms with Gasteiger partial charge < -0.3 is 0 Å². The number of rotatable bonds is 1. The predicted octanol–water partition coefficient (Wildman–Crippen LogP) is 3.74. The zero-order valence-corrected chi connectivity index (χ0v) is 10.2. The SMILES string of the molecule is CC(=O)C1=CC2CCC(C)(C)CCC2C1. The number of carbonyl (C=O) groups is 1. The molecule has 2 atom stereocenters. The van der Waals surface area contributed by atoms with Crippen molar-refractivity contribution < 1.29 is 4.79 Å². The molecule has 0 aromatic carbocycles. The molecule has 0 bridgehead atoms. The summed E-state index contributed by atoms with van der Waals surface area (Å²) in [7, 11) is 0. The highest BCUT2D eigenvalue weighted by atomic mass is 16.1. The van der Waals surface area contributed by atoms with E-state index in [1.165, 1.54) is 25.7 Å². The maximum Gasteiger partial charge on any atom is 0.155 e. The van der Waals surface area contributed by atoms with Crippen molar-refractivity contribution in [3.8, 4) is 0 Å². The van der Waals surface area contributed by atoms with Crippen LogP contribution in [-0.4, -0.2) is 5.78 Å². The van der Waals surface area contributed by atoms with E-state index in [1.807, 2.05) is 0 Å². The summed E-state index contributed by atoms with van der Waals surface area (Å²) >= 11 is 0. The Kier molecular flexibility index (Phi) is 2.74. The second kappa shape index (κ2) is 3.77. The number of hydrogen-bond acceptors (Lipinski definition) is 1. The van der Waals surface area contributed by atoms with Crippen LogP contribution in [0.15, 0.2) is 11.6 Å². The lowest BCUT2D eigenvalue weighted by Crippen LogP contribution is -2.09. The lowest BCUT2D eigenvalue weighted by molar-refractivity contribution is -0.113. The van der Waals surface area contributed by atoms with Crippen LogP contribution in [0.5, 0.6) is 0 Å². The fraction of sp³-hybridized carbons (Fsp3) is 0.786. The second-order valence-electron chi connectivity index (χ2n) is 6.12. The summed E-state index contributed by atoms with van der Waals surface area (Å²) in [6.45, 7) is 6.47. The van der Waals surface area contributed by atoms with Gasteiger partial charge in [-0.3, -0.25) is 4.79 Å². The van der Waals surface area contributed by atoms with E-state index >= 15 is 0 Å². The number of carbonyl (C=O) groups excluding carboxylic acids is 1. The van der Waals surface area contributed by atoms with E-state index < -0.39 is 0 Å². The van der Waals surface area contributed by atoms with Crippen molar-refractivity contribution in [1.82, 2.24) is 0 Å². The lowest BCUT2D eigenvalue weighted by atomic mass is 9.84. The van der Waals surface area contributed by atoms with E-state index in [2.05, 4.69) is 19.9 Å². The third-order valence-electron chi connectivity index (χ3n) is 4.30. The minimum atomic E-state index is 0.294. The van der Waals surface area contributed by atoms with Crippen LogP contribution >= 0.6 is 0 Å². The average Bonchev–Trinajstić information content (AvgIpc) is 2.50. The van der Waals surface area contributed by atoms with Crippen LogP contribution in [0.2, 0.25) is 0 Å². The smallest absolute Gasteiger partial charge is 0.155 e. The molecule has 0 spiro atoms. The molecule has 2 aliphatic carbocycles. The zero-order chi connectivity index (χ0) is 11.1. The van der Waals surface area contributed by atoms with Gasteiger partial charge in [0.05, 0.1) is 0 Å². The average molecular weight is 206 g/mol. The standard InChI is InChI=1S/C14H22O/c1-10(15)13-8-11-4-6-14(2,3)7-5-12(11)9-13/h8,11-12H,4-7,9H2,1-3H3. The van der Waals surface area contributed by atoms with Gasteiger partial charge in [-0.25, -0.2) is 0 Å². The molecular formula is C14H22O. The van der Waals surface area contributed by atoms with Crippen molar-refractivity contribution in [3.05, 3.63) is 11.6 Å². The maximum absolute atomic E-state index is 11.3. The van der Waals surface area contributed by atoms with Crippen molar-refractivity contribution in [1.29, 1.82) is 0 Å². The van der Waals surface area contributed by atoms with Gasteiger partial charge in [0.25, 0.3) is 0 Å². The van der Waals surface area contributed by atoms with Crippen LogP contribution in [0.3, 0.4) is 0 Å². The molecular weight excluding hydrogens is 184 g/mol. The molecule has 2 aliphatic rings. The molecule has 0 aromatic heterocycles. The molecule has 1 fully saturated rings. The Balaban J connectivity index is 2.08. The zero-order valence-electron chi connectivity index (χ0n) is 10.2. The fourth-order valence-corrected chi connectivity index (χ4v) is 3.05. The Morgan fingerprint density at radius 1 is 1.33 bits per heavy atom.